The lowest BCUT2D eigenvalue weighted by molar-refractivity contribution is -0.155. The van der Waals surface area contributed by atoms with Gasteiger partial charge in [0.05, 0.1) is 12.2 Å². The van der Waals surface area contributed by atoms with Crippen LogP contribution < -0.4 is 0 Å². The van der Waals surface area contributed by atoms with E-state index in [0.29, 0.717) is 6.42 Å². The molecule has 0 amide bonds. The molecule has 3 N–H and O–H groups in total. The van der Waals surface area contributed by atoms with Crippen molar-refractivity contribution in [1.29, 1.82) is 0 Å². The van der Waals surface area contributed by atoms with Crippen LogP contribution in [0.1, 0.15) is 60.8 Å². The predicted molar refractivity (Wildman–Crippen MR) is 102 cm³/mol. The summed E-state index contributed by atoms with van der Waals surface area (Å²) in [6.45, 7) is 11.0. The Morgan fingerprint density at radius 1 is 1.19 bits per heavy atom. The average molecular weight is 366 g/mol. The number of hydrogen-bond acceptors (Lipinski definition) is 5. The number of ketones is 2. The van der Waals surface area contributed by atoms with Crippen molar-refractivity contribution in [2.75, 3.05) is 0 Å². The van der Waals surface area contributed by atoms with Crippen molar-refractivity contribution in [2.45, 2.75) is 78.6 Å². The van der Waals surface area contributed by atoms with Gasteiger partial charge in [0, 0.05) is 11.8 Å². The van der Waals surface area contributed by atoms with Gasteiger partial charge in [-0.1, -0.05) is 37.1 Å². The molecule has 0 saturated heterocycles. The second-order valence-corrected chi connectivity index (χ2v) is 8.03. The van der Waals surface area contributed by atoms with Crippen molar-refractivity contribution >= 4 is 11.6 Å². The van der Waals surface area contributed by atoms with Crippen LogP contribution in [0.2, 0.25) is 0 Å². The maximum atomic E-state index is 13.0. The molecule has 1 aliphatic carbocycles. The number of rotatable bonds is 8. The molecule has 0 aromatic heterocycles. The molecular weight excluding hydrogens is 332 g/mol. The summed E-state index contributed by atoms with van der Waals surface area (Å²) in [4.78, 5) is 25.7. The van der Waals surface area contributed by atoms with Crippen molar-refractivity contribution in [3.63, 3.8) is 0 Å². The Labute approximate surface area is 156 Å². The maximum Gasteiger partial charge on any atom is 0.180 e. The van der Waals surface area contributed by atoms with Gasteiger partial charge in [0.1, 0.15) is 11.7 Å². The number of aliphatic hydroxyl groups excluding tert-OH is 2. The third kappa shape index (κ3) is 4.51. The lowest BCUT2D eigenvalue weighted by atomic mass is 9.80. The van der Waals surface area contributed by atoms with E-state index in [-0.39, 0.29) is 24.5 Å². The Hall–Kier alpha value is -1.30. The molecule has 0 heterocycles. The highest BCUT2D eigenvalue weighted by Gasteiger charge is 2.63. The van der Waals surface area contributed by atoms with Gasteiger partial charge in [-0.25, -0.2) is 0 Å². The minimum atomic E-state index is -2.13. The van der Waals surface area contributed by atoms with E-state index in [1.54, 1.807) is 13.0 Å². The Morgan fingerprint density at radius 2 is 1.73 bits per heavy atom. The molecule has 5 heteroatoms. The first kappa shape index (κ1) is 22.7. The van der Waals surface area contributed by atoms with E-state index in [2.05, 4.69) is 0 Å². The fourth-order valence-electron chi connectivity index (χ4n) is 3.50. The van der Waals surface area contributed by atoms with E-state index in [9.17, 15) is 24.9 Å². The van der Waals surface area contributed by atoms with Gasteiger partial charge in [-0.2, -0.15) is 0 Å². The molecule has 6 unspecified atom stereocenters. The summed E-state index contributed by atoms with van der Waals surface area (Å²) in [6, 6.07) is 0. The molecule has 1 aliphatic rings. The van der Waals surface area contributed by atoms with Crippen LogP contribution in [0.3, 0.4) is 0 Å². The van der Waals surface area contributed by atoms with Gasteiger partial charge in [-0.15, -0.1) is 0 Å². The Kier molecular flexibility index (Phi) is 7.93. The summed E-state index contributed by atoms with van der Waals surface area (Å²) in [7, 11) is 0. The zero-order valence-corrected chi connectivity index (χ0v) is 16.8. The lowest BCUT2D eigenvalue weighted by Crippen LogP contribution is -2.52. The number of carbonyl (C=O) groups excluding carboxylic acids is 2. The molecule has 1 saturated carbocycles. The summed E-state index contributed by atoms with van der Waals surface area (Å²) in [5.41, 5.74) is -0.209. The Balaban J connectivity index is 3.32. The fraction of sp³-hybridized carbons (Fsp3) is 0.714. The number of aliphatic hydroxyl groups is 3. The van der Waals surface area contributed by atoms with Crippen LogP contribution in [0.4, 0.5) is 0 Å². The van der Waals surface area contributed by atoms with Gasteiger partial charge in [0.25, 0.3) is 0 Å². The molecular formula is C21H34O5. The second kappa shape index (κ2) is 9.07. The molecule has 0 bridgehead atoms. The molecule has 1 fully saturated rings. The lowest BCUT2D eigenvalue weighted by Gasteiger charge is -2.33. The van der Waals surface area contributed by atoms with Gasteiger partial charge >= 0.3 is 0 Å². The minimum absolute atomic E-state index is 0.0901. The van der Waals surface area contributed by atoms with E-state index in [4.69, 9.17) is 0 Å². The van der Waals surface area contributed by atoms with Crippen molar-refractivity contribution in [3.8, 4) is 0 Å². The van der Waals surface area contributed by atoms with Gasteiger partial charge in [0.15, 0.2) is 11.4 Å². The van der Waals surface area contributed by atoms with Crippen LogP contribution in [0, 0.1) is 17.8 Å². The molecule has 0 aromatic rings. The van der Waals surface area contributed by atoms with Crippen LogP contribution >= 0.6 is 0 Å². The third-order valence-electron chi connectivity index (χ3n) is 5.44. The maximum absolute atomic E-state index is 13.0. The summed E-state index contributed by atoms with van der Waals surface area (Å²) >= 11 is 0. The quantitative estimate of drug-likeness (QED) is 0.453. The van der Waals surface area contributed by atoms with Crippen LogP contribution in [0.5, 0.6) is 0 Å². The summed E-state index contributed by atoms with van der Waals surface area (Å²) in [5, 5.41) is 32.6. The van der Waals surface area contributed by atoms with E-state index in [1.165, 1.54) is 0 Å². The van der Waals surface area contributed by atoms with Gasteiger partial charge in [-0.05, 0) is 47.0 Å². The highest BCUT2D eigenvalue weighted by Crippen LogP contribution is 2.44. The van der Waals surface area contributed by atoms with Crippen molar-refractivity contribution in [1.82, 2.24) is 0 Å². The third-order valence-corrected chi connectivity index (χ3v) is 5.44. The van der Waals surface area contributed by atoms with Crippen LogP contribution in [0.15, 0.2) is 23.3 Å². The molecule has 0 aromatic carbocycles. The smallest absolute Gasteiger partial charge is 0.180 e. The van der Waals surface area contributed by atoms with Gasteiger partial charge < -0.3 is 15.3 Å². The molecule has 0 radical (unpaired) electrons. The minimum Gasteiger partial charge on any atom is -0.391 e. The Bertz CT molecular complexity index is 583. The van der Waals surface area contributed by atoms with Crippen molar-refractivity contribution in [2.24, 2.45) is 17.8 Å². The topological polar surface area (TPSA) is 94.8 Å². The first-order valence-corrected chi connectivity index (χ1v) is 9.41. The molecule has 148 valence electrons. The number of allylic oxidation sites excluding steroid dienone is 3. The zero-order chi connectivity index (χ0) is 20.2. The number of carbonyl (C=O) groups is 2. The number of Topliss-reactive ketones (excluding diaryl/α,β-unsaturated/α-hetero) is 2. The SMILES string of the molecule is CCC(C)C(=O)C1C(=O)C(O)(C(O)CC=C(C)C)C(CC=C(C)C)C1O. The summed E-state index contributed by atoms with van der Waals surface area (Å²) < 4.78 is 0. The van der Waals surface area contributed by atoms with Crippen LogP contribution in [0.25, 0.3) is 0 Å². The molecule has 26 heavy (non-hydrogen) atoms. The Morgan fingerprint density at radius 3 is 2.19 bits per heavy atom. The normalized spacial score (nSPS) is 30.7. The van der Waals surface area contributed by atoms with Gasteiger partial charge in [-0.3, -0.25) is 9.59 Å². The predicted octanol–water partition coefficient (Wildman–Crippen LogP) is 2.58. The van der Waals surface area contributed by atoms with E-state index in [1.807, 2.05) is 40.7 Å². The highest BCUT2D eigenvalue weighted by atomic mass is 16.4. The number of hydrogen-bond donors (Lipinski definition) is 3. The van der Waals surface area contributed by atoms with Gasteiger partial charge in [0.2, 0.25) is 0 Å². The van der Waals surface area contributed by atoms with Crippen LogP contribution in [-0.2, 0) is 9.59 Å². The standard InChI is InChI=1S/C21H34O5/c1-7-14(6)18(23)17-19(24)15(10-8-12(2)3)21(26,20(17)25)16(22)11-9-13(4)5/h8-9,14-17,19,22,24,26H,7,10-11H2,1-6H3. The van der Waals surface area contributed by atoms with Crippen molar-refractivity contribution < 1.29 is 24.9 Å². The zero-order valence-electron chi connectivity index (χ0n) is 16.8. The highest BCUT2D eigenvalue weighted by molar-refractivity contribution is 6.09. The van der Waals surface area contributed by atoms with E-state index < -0.39 is 35.4 Å². The summed E-state index contributed by atoms with van der Waals surface area (Å²) in [6.07, 6.45) is 1.75. The summed E-state index contributed by atoms with van der Waals surface area (Å²) in [5.74, 6) is -3.70. The monoisotopic (exact) mass is 366 g/mol. The fourth-order valence-corrected chi connectivity index (χ4v) is 3.50. The molecule has 1 rings (SSSR count). The van der Waals surface area contributed by atoms with E-state index in [0.717, 1.165) is 11.1 Å². The first-order chi connectivity index (χ1) is 12.0. The molecule has 0 aliphatic heterocycles. The average Bonchev–Trinajstić information content (AvgIpc) is 2.76. The largest absolute Gasteiger partial charge is 0.391 e. The van der Waals surface area contributed by atoms with Crippen LogP contribution in [-0.4, -0.2) is 44.7 Å². The second-order valence-electron chi connectivity index (χ2n) is 8.03. The molecule has 5 nitrogen and oxygen atoms in total. The molecule has 6 atom stereocenters. The molecule has 0 spiro atoms. The van der Waals surface area contributed by atoms with E-state index >= 15 is 0 Å². The first-order valence-electron chi connectivity index (χ1n) is 9.41. The van der Waals surface area contributed by atoms with Crippen molar-refractivity contribution in [3.05, 3.63) is 23.3 Å².